The van der Waals surface area contributed by atoms with Crippen LogP contribution >= 0.6 is 0 Å². The quantitative estimate of drug-likeness (QED) is 0.897. The van der Waals surface area contributed by atoms with E-state index < -0.39 is 5.97 Å². The number of carbonyl (C=O) groups is 1. The largest absolute Gasteiger partial charge is 0.489 e. The van der Waals surface area contributed by atoms with Crippen LogP contribution in [0.25, 0.3) is 0 Å². The number of aryl methyl sites for hydroxylation is 2. The van der Waals surface area contributed by atoms with Crippen LogP contribution in [0, 0.1) is 19.3 Å². The first kappa shape index (κ1) is 17.1. The van der Waals surface area contributed by atoms with Gasteiger partial charge in [0.1, 0.15) is 12.4 Å². The molecule has 0 amide bonds. The number of aliphatic carboxylic acids is 1. The molecule has 26 heavy (non-hydrogen) atoms. The summed E-state index contributed by atoms with van der Waals surface area (Å²) in [6.07, 6.45) is 2.08. The molecule has 1 fully saturated rings. The Kier molecular flexibility index (Phi) is 4.23. The van der Waals surface area contributed by atoms with E-state index >= 15 is 0 Å². The molecule has 4 heteroatoms. The monoisotopic (exact) mass is 351 g/mol. The number of ether oxygens (including phenoxy) is 1. The maximum atomic E-state index is 10.8. The van der Waals surface area contributed by atoms with Crippen LogP contribution in [-0.4, -0.2) is 35.6 Å². The fourth-order valence-electron chi connectivity index (χ4n) is 4.56. The molecule has 136 valence electrons. The van der Waals surface area contributed by atoms with Gasteiger partial charge in [0.15, 0.2) is 0 Å². The Labute approximate surface area is 154 Å². The number of likely N-dealkylation sites (tertiary alicyclic amines) is 1. The van der Waals surface area contributed by atoms with Gasteiger partial charge in [-0.2, -0.15) is 0 Å². The number of benzene rings is 2. The van der Waals surface area contributed by atoms with E-state index in [9.17, 15) is 4.79 Å². The topological polar surface area (TPSA) is 49.8 Å². The number of carboxylic acids is 1. The summed E-state index contributed by atoms with van der Waals surface area (Å²) in [5.41, 5.74) is 6.77. The first-order valence-corrected chi connectivity index (χ1v) is 9.18. The molecule has 0 saturated carbocycles. The summed E-state index contributed by atoms with van der Waals surface area (Å²) in [6.45, 7) is 6.76. The minimum atomic E-state index is -0.738. The number of carboxylic acid groups (broad SMARTS) is 1. The summed E-state index contributed by atoms with van der Waals surface area (Å²) in [6, 6.07) is 12.8. The zero-order valence-corrected chi connectivity index (χ0v) is 15.4. The molecule has 1 saturated heterocycles. The second kappa shape index (κ2) is 6.44. The predicted molar refractivity (Wildman–Crippen MR) is 101 cm³/mol. The van der Waals surface area contributed by atoms with Crippen molar-refractivity contribution in [3.8, 4) is 5.75 Å². The van der Waals surface area contributed by atoms with Gasteiger partial charge in [0, 0.05) is 18.5 Å². The highest BCUT2D eigenvalue weighted by atomic mass is 16.5. The highest BCUT2D eigenvalue weighted by molar-refractivity contribution is 5.69. The summed E-state index contributed by atoms with van der Waals surface area (Å²) in [5, 5.41) is 8.92. The Bertz CT molecular complexity index is 832. The molecule has 0 aromatic heterocycles. The van der Waals surface area contributed by atoms with Crippen molar-refractivity contribution < 1.29 is 14.6 Å². The lowest BCUT2D eigenvalue weighted by molar-refractivity contribution is -0.141. The normalized spacial score (nSPS) is 17.8. The van der Waals surface area contributed by atoms with Gasteiger partial charge in [-0.25, -0.2) is 0 Å². The van der Waals surface area contributed by atoms with Crippen molar-refractivity contribution in [2.75, 3.05) is 19.6 Å². The molecule has 0 bridgehead atoms. The highest BCUT2D eigenvalue weighted by Gasteiger charge is 2.47. The van der Waals surface area contributed by atoms with Crippen molar-refractivity contribution in [3.05, 3.63) is 64.2 Å². The van der Waals surface area contributed by atoms with E-state index in [1.54, 1.807) is 0 Å². The van der Waals surface area contributed by atoms with Crippen LogP contribution in [0.15, 0.2) is 36.4 Å². The van der Waals surface area contributed by atoms with Crippen LogP contribution in [0.2, 0.25) is 0 Å². The average molecular weight is 351 g/mol. The molecule has 1 N–H and O–H groups in total. The Hall–Kier alpha value is -2.33. The number of rotatable bonds is 5. The average Bonchev–Trinajstić information content (AvgIpc) is 2.92. The van der Waals surface area contributed by atoms with Crippen molar-refractivity contribution in [2.24, 2.45) is 5.41 Å². The number of hydrogen-bond donors (Lipinski definition) is 1. The van der Waals surface area contributed by atoms with Crippen molar-refractivity contribution in [2.45, 2.75) is 33.3 Å². The highest BCUT2D eigenvalue weighted by Crippen LogP contribution is 2.44. The van der Waals surface area contributed by atoms with E-state index in [2.05, 4.69) is 50.2 Å². The third-order valence-corrected chi connectivity index (χ3v) is 5.81. The van der Waals surface area contributed by atoms with Crippen LogP contribution in [0.5, 0.6) is 5.75 Å². The number of fused-ring (bicyclic) bond motifs is 1. The smallest absolute Gasteiger partial charge is 0.317 e. The van der Waals surface area contributed by atoms with E-state index in [-0.39, 0.29) is 12.0 Å². The molecule has 1 heterocycles. The zero-order valence-electron chi connectivity index (χ0n) is 15.4. The first-order valence-electron chi connectivity index (χ1n) is 9.18. The van der Waals surface area contributed by atoms with Crippen LogP contribution < -0.4 is 4.74 Å². The molecule has 0 unspecified atom stereocenters. The fraction of sp³-hybridized carbons (Fsp3) is 0.409. The molecular formula is C22H25NO3. The molecule has 4 nitrogen and oxygen atoms in total. The van der Waals surface area contributed by atoms with Crippen LogP contribution in [0.3, 0.4) is 0 Å². The van der Waals surface area contributed by atoms with Crippen molar-refractivity contribution >= 4 is 5.97 Å². The first-order chi connectivity index (χ1) is 12.4. The van der Waals surface area contributed by atoms with Gasteiger partial charge in [-0.15, -0.1) is 0 Å². The maximum absolute atomic E-state index is 10.8. The lowest BCUT2D eigenvalue weighted by atomic mass is 9.77. The lowest BCUT2D eigenvalue weighted by Crippen LogP contribution is -2.58. The molecule has 1 aliphatic heterocycles. The SMILES string of the molecule is Cc1cccc(C)c1COc1ccc2c(c1)CC1(C2)CN(CC(=O)O)C1. The second-order valence-corrected chi connectivity index (χ2v) is 7.98. The van der Waals surface area contributed by atoms with E-state index in [1.165, 1.54) is 27.8 Å². The lowest BCUT2D eigenvalue weighted by Gasteiger charge is -2.47. The molecular weight excluding hydrogens is 326 g/mol. The van der Waals surface area contributed by atoms with E-state index in [4.69, 9.17) is 9.84 Å². The second-order valence-electron chi connectivity index (χ2n) is 7.98. The Morgan fingerprint density at radius 3 is 2.50 bits per heavy atom. The van der Waals surface area contributed by atoms with Crippen molar-refractivity contribution in [1.82, 2.24) is 4.90 Å². The van der Waals surface area contributed by atoms with Gasteiger partial charge in [0.25, 0.3) is 0 Å². The van der Waals surface area contributed by atoms with Gasteiger partial charge in [-0.1, -0.05) is 24.3 Å². The summed E-state index contributed by atoms with van der Waals surface area (Å²) in [4.78, 5) is 12.9. The standard InChI is InChI=1S/C22H25NO3/c1-15-4-3-5-16(2)20(15)12-26-19-7-6-17-9-22(10-18(17)8-19)13-23(14-22)11-21(24)25/h3-8H,9-14H2,1-2H3,(H,24,25). The molecule has 4 rings (SSSR count). The van der Waals surface area contributed by atoms with Crippen LogP contribution in [0.1, 0.15) is 27.8 Å². The van der Waals surface area contributed by atoms with E-state index in [1.807, 2.05) is 4.90 Å². The Morgan fingerprint density at radius 1 is 1.12 bits per heavy atom. The third-order valence-electron chi connectivity index (χ3n) is 5.81. The summed E-state index contributed by atoms with van der Waals surface area (Å²) < 4.78 is 6.08. The molecule has 1 spiro atoms. The van der Waals surface area contributed by atoms with E-state index in [0.717, 1.165) is 31.7 Å². The van der Waals surface area contributed by atoms with Gasteiger partial charge in [-0.3, -0.25) is 9.69 Å². The summed E-state index contributed by atoms with van der Waals surface area (Å²) in [5.74, 6) is 0.183. The summed E-state index contributed by atoms with van der Waals surface area (Å²) >= 11 is 0. The molecule has 2 aromatic rings. The summed E-state index contributed by atoms with van der Waals surface area (Å²) in [7, 11) is 0. The molecule has 2 aliphatic rings. The zero-order chi connectivity index (χ0) is 18.3. The molecule has 2 aromatic carbocycles. The number of hydrogen-bond acceptors (Lipinski definition) is 3. The minimum absolute atomic E-state index is 0.155. The molecule has 0 radical (unpaired) electrons. The number of nitrogens with zero attached hydrogens (tertiary/aromatic N) is 1. The van der Waals surface area contributed by atoms with Gasteiger partial charge in [0.2, 0.25) is 0 Å². The third kappa shape index (κ3) is 3.21. The Balaban J connectivity index is 1.41. The van der Waals surface area contributed by atoms with Gasteiger partial charge >= 0.3 is 5.97 Å². The minimum Gasteiger partial charge on any atom is -0.489 e. The maximum Gasteiger partial charge on any atom is 0.317 e. The predicted octanol–water partition coefficient (Wildman–Crippen LogP) is 3.37. The molecule has 1 aliphatic carbocycles. The van der Waals surface area contributed by atoms with Gasteiger partial charge < -0.3 is 9.84 Å². The van der Waals surface area contributed by atoms with Crippen LogP contribution in [-0.2, 0) is 24.2 Å². The van der Waals surface area contributed by atoms with Crippen molar-refractivity contribution in [1.29, 1.82) is 0 Å². The van der Waals surface area contributed by atoms with Crippen molar-refractivity contribution in [3.63, 3.8) is 0 Å². The Morgan fingerprint density at radius 2 is 1.81 bits per heavy atom. The van der Waals surface area contributed by atoms with Gasteiger partial charge in [-0.05, 0) is 66.6 Å². The fourth-order valence-corrected chi connectivity index (χ4v) is 4.56. The van der Waals surface area contributed by atoms with E-state index in [0.29, 0.717) is 6.61 Å². The molecule has 0 atom stereocenters. The van der Waals surface area contributed by atoms with Crippen LogP contribution in [0.4, 0.5) is 0 Å². The van der Waals surface area contributed by atoms with Gasteiger partial charge in [0.05, 0.1) is 6.54 Å².